The molecule has 0 aromatic rings. The standard InChI is InChI=1S/C28H46O/c1-18(2)8-7-9-19(3)22-12-13-24-21-10-11-23-20(4)26(29)15-17-28(23,6)25(21)14-16-27(22,24)5/h8,19-20,22-24,26,29H,7,9-17H2,1-6H3/t19-,20+,22-,23+,24-,26+,27-,28+/m1/s1. The molecule has 0 saturated heterocycles. The molecule has 0 aromatic carbocycles. The molecule has 0 spiro atoms. The predicted octanol–water partition coefficient (Wildman–Crippen LogP) is 7.70. The largest absolute Gasteiger partial charge is 0.393 e. The molecule has 2 saturated carbocycles. The monoisotopic (exact) mass is 398 g/mol. The molecule has 0 bridgehead atoms. The van der Waals surface area contributed by atoms with Crippen molar-refractivity contribution >= 4 is 0 Å². The van der Waals surface area contributed by atoms with Gasteiger partial charge in [0.1, 0.15) is 0 Å². The molecule has 0 radical (unpaired) electrons. The van der Waals surface area contributed by atoms with E-state index in [1.54, 1.807) is 0 Å². The van der Waals surface area contributed by atoms with Crippen LogP contribution in [0.4, 0.5) is 0 Å². The molecule has 2 fully saturated rings. The lowest BCUT2D eigenvalue weighted by Crippen LogP contribution is -2.49. The van der Waals surface area contributed by atoms with E-state index in [-0.39, 0.29) is 6.10 Å². The summed E-state index contributed by atoms with van der Waals surface area (Å²) in [6, 6.07) is 0. The number of fused-ring (bicyclic) bond motifs is 4. The van der Waals surface area contributed by atoms with Crippen LogP contribution in [0.5, 0.6) is 0 Å². The van der Waals surface area contributed by atoms with E-state index in [2.05, 4.69) is 47.6 Å². The highest BCUT2D eigenvalue weighted by atomic mass is 16.3. The van der Waals surface area contributed by atoms with Gasteiger partial charge in [0, 0.05) is 0 Å². The maximum Gasteiger partial charge on any atom is 0.0569 e. The Morgan fingerprint density at radius 2 is 1.86 bits per heavy atom. The lowest BCUT2D eigenvalue weighted by atomic mass is 9.49. The van der Waals surface area contributed by atoms with E-state index >= 15 is 0 Å². The van der Waals surface area contributed by atoms with Crippen molar-refractivity contribution in [1.82, 2.24) is 0 Å². The Balaban J connectivity index is 1.57. The molecule has 1 heteroatoms. The summed E-state index contributed by atoms with van der Waals surface area (Å²) in [6.45, 7) is 14.6. The lowest BCUT2D eigenvalue weighted by Gasteiger charge is -2.56. The van der Waals surface area contributed by atoms with E-state index in [0.29, 0.717) is 22.7 Å². The fourth-order valence-electron chi connectivity index (χ4n) is 8.72. The second-order valence-corrected chi connectivity index (χ2v) is 12.1. The minimum Gasteiger partial charge on any atom is -0.393 e. The van der Waals surface area contributed by atoms with Crippen molar-refractivity contribution in [3.63, 3.8) is 0 Å². The Morgan fingerprint density at radius 1 is 1.10 bits per heavy atom. The van der Waals surface area contributed by atoms with Gasteiger partial charge < -0.3 is 5.11 Å². The van der Waals surface area contributed by atoms with Crippen LogP contribution in [0.2, 0.25) is 0 Å². The molecular weight excluding hydrogens is 352 g/mol. The van der Waals surface area contributed by atoms with Gasteiger partial charge in [0.05, 0.1) is 6.10 Å². The second-order valence-electron chi connectivity index (χ2n) is 12.1. The number of hydrogen-bond donors (Lipinski definition) is 1. The molecule has 0 unspecified atom stereocenters. The number of rotatable bonds is 4. The fourth-order valence-corrected chi connectivity index (χ4v) is 8.72. The average Bonchev–Trinajstić information content (AvgIpc) is 3.02. The highest BCUT2D eigenvalue weighted by molar-refractivity contribution is 5.34. The van der Waals surface area contributed by atoms with Crippen LogP contribution in [0.25, 0.3) is 0 Å². The van der Waals surface area contributed by atoms with Crippen LogP contribution in [-0.2, 0) is 0 Å². The first kappa shape index (κ1) is 21.7. The second kappa shape index (κ2) is 7.85. The van der Waals surface area contributed by atoms with Gasteiger partial charge in [-0.15, -0.1) is 0 Å². The van der Waals surface area contributed by atoms with Crippen molar-refractivity contribution in [2.24, 2.45) is 40.4 Å². The first-order valence-corrected chi connectivity index (χ1v) is 12.7. The molecule has 4 aliphatic rings. The van der Waals surface area contributed by atoms with Crippen molar-refractivity contribution in [2.75, 3.05) is 0 Å². The highest BCUT2D eigenvalue weighted by Gasteiger charge is 2.56. The summed E-state index contributed by atoms with van der Waals surface area (Å²) in [5.74, 6) is 3.78. The van der Waals surface area contributed by atoms with Gasteiger partial charge in [0.2, 0.25) is 0 Å². The molecule has 8 atom stereocenters. The zero-order chi connectivity index (χ0) is 21.0. The number of hydrogen-bond acceptors (Lipinski definition) is 1. The van der Waals surface area contributed by atoms with E-state index in [9.17, 15) is 5.11 Å². The Labute approximate surface area is 180 Å². The topological polar surface area (TPSA) is 20.2 Å². The molecular formula is C28H46O. The smallest absolute Gasteiger partial charge is 0.0569 e. The molecule has 4 rings (SSSR count). The highest BCUT2D eigenvalue weighted by Crippen LogP contribution is 2.66. The third kappa shape index (κ3) is 3.48. The van der Waals surface area contributed by atoms with Gasteiger partial charge >= 0.3 is 0 Å². The molecule has 0 aromatic heterocycles. The lowest BCUT2D eigenvalue weighted by molar-refractivity contribution is -0.0336. The summed E-state index contributed by atoms with van der Waals surface area (Å²) in [5, 5.41) is 10.5. The molecule has 0 heterocycles. The van der Waals surface area contributed by atoms with Gasteiger partial charge in [-0.25, -0.2) is 0 Å². The van der Waals surface area contributed by atoms with Crippen LogP contribution in [0.3, 0.4) is 0 Å². The van der Waals surface area contributed by atoms with Crippen molar-refractivity contribution in [3.05, 3.63) is 22.8 Å². The predicted molar refractivity (Wildman–Crippen MR) is 124 cm³/mol. The van der Waals surface area contributed by atoms with Gasteiger partial charge in [-0.2, -0.15) is 0 Å². The quantitative estimate of drug-likeness (QED) is 0.481. The molecule has 0 amide bonds. The third-order valence-electron chi connectivity index (χ3n) is 10.4. The molecule has 1 N–H and O–H groups in total. The normalized spacial score (nSPS) is 45.3. The van der Waals surface area contributed by atoms with Crippen LogP contribution >= 0.6 is 0 Å². The van der Waals surface area contributed by atoms with Crippen LogP contribution in [0.1, 0.15) is 106 Å². The van der Waals surface area contributed by atoms with Gasteiger partial charge in [0.15, 0.2) is 0 Å². The Bertz CT molecular complexity index is 682. The summed E-state index contributed by atoms with van der Waals surface area (Å²) in [4.78, 5) is 0. The average molecular weight is 399 g/mol. The molecule has 0 aliphatic heterocycles. The first-order chi connectivity index (χ1) is 13.7. The number of aliphatic hydroxyl groups excluding tert-OH is 1. The van der Waals surface area contributed by atoms with Crippen LogP contribution < -0.4 is 0 Å². The van der Waals surface area contributed by atoms with E-state index < -0.39 is 0 Å². The maximum absolute atomic E-state index is 10.5. The fraction of sp³-hybridized carbons (Fsp3) is 0.857. The molecule has 164 valence electrons. The van der Waals surface area contributed by atoms with Gasteiger partial charge in [0.25, 0.3) is 0 Å². The van der Waals surface area contributed by atoms with E-state index in [4.69, 9.17) is 0 Å². The van der Waals surface area contributed by atoms with E-state index in [0.717, 1.165) is 24.2 Å². The van der Waals surface area contributed by atoms with Crippen LogP contribution in [0.15, 0.2) is 22.8 Å². The van der Waals surface area contributed by atoms with E-state index in [1.165, 1.54) is 63.4 Å². The van der Waals surface area contributed by atoms with Crippen molar-refractivity contribution in [2.45, 2.75) is 112 Å². The summed E-state index contributed by atoms with van der Waals surface area (Å²) in [6.07, 6.45) is 15.5. The Hall–Kier alpha value is -0.560. The zero-order valence-electron chi connectivity index (χ0n) is 20.1. The zero-order valence-corrected chi connectivity index (χ0v) is 20.1. The number of aliphatic hydroxyl groups is 1. The van der Waals surface area contributed by atoms with Gasteiger partial charge in [-0.05, 0) is 118 Å². The third-order valence-corrected chi connectivity index (χ3v) is 10.4. The minimum atomic E-state index is -0.0680. The van der Waals surface area contributed by atoms with Gasteiger partial charge in [-0.3, -0.25) is 0 Å². The van der Waals surface area contributed by atoms with Crippen LogP contribution in [-0.4, -0.2) is 11.2 Å². The number of allylic oxidation sites excluding steroid dienone is 4. The SMILES string of the molecule is CC(C)=CCC[C@@H](C)[C@H]1CC[C@@H]2C3=C(CC[C@@]21C)[C@@]1(C)CC[C@H](O)[C@@H](C)[C@@H]1CC3. The molecule has 4 aliphatic carbocycles. The summed E-state index contributed by atoms with van der Waals surface area (Å²) in [5.41, 5.74) is 6.15. The first-order valence-electron chi connectivity index (χ1n) is 12.7. The summed E-state index contributed by atoms with van der Waals surface area (Å²) < 4.78 is 0. The Kier molecular flexibility index (Phi) is 5.86. The molecule has 29 heavy (non-hydrogen) atoms. The summed E-state index contributed by atoms with van der Waals surface area (Å²) >= 11 is 0. The van der Waals surface area contributed by atoms with Crippen molar-refractivity contribution in [3.8, 4) is 0 Å². The van der Waals surface area contributed by atoms with E-state index in [1.807, 2.05) is 11.1 Å². The maximum atomic E-state index is 10.5. The summed E-state index contributed by atoms with van der Waals surface area (Å²) in [7, 11) is 0. The minimum absolute atomic E-state index is 0.0680. The van der Waals surface area contributed by atoms with Gasteiger partial charge in [-0.1, -0.05) is 50.5 Å². The molecule has 1 nitrogen and oxygen atoms in total. The van der Waals surface area contributed by atoms with Crippen LogP contribution in [0, 0.1) is 40.4 Å². The Morgan fingerprint density at radius 3 is 2.59 bits per heavy atom. The van der Waals surface area contributed by atoms with Crippen molar-refractivity contribution < 1.29 is 5.11 Å². The van der Waals surface area contributed by atoms with Crippen molar-refractivity contribution in [1.29, 1.82) is 0 Å².